The molecule has 1 amide bonds. The molecule has 4 heteroatoms. The van der Waals surface area contributed by atoms with Gasteiger partial charge in [0, 0.05) is 17.8 Å². The molecule has 1 aromatic rings. The molecule has 2 aliphatic rings. The number of hydrogen-bond donors (Lipinski definition) is 2. The number of aromatic nitrogens is 1. The molecule has 0 fully saturated rings. The highest BCUT2D eigenvalue weighted by atomic mass is 16.2. The second kappa shape index (κ2) is 4.09. The summed E-state index contributed by atoms with van der Waals surface area (Å²) in [4.78, 5) is 27.1. The van der Waals surface area contributed by atoms with Gasteiger partial charge in [0.15, 0.2) is 5.78 Å². The lowest BCUT2D eigenvalue weighted by atomic mass is 9.95. The molecule has 3 rings (SSSR count). The third kappa shape index (κ3) is 1.85. The van der Waals surface area contributed by atoms with Crippen LogP contribution in [0.25, 0.3) is 6.08 Å². The molecule has 1 aliphatic heterocycles. The SMILES string of the molecule is Cc1cc(C)c(C=C2C(=O)NC3=C2C(=O)CC=C3)[nH]1. The Labute approximate surface area is 110 Å². The summed E-state index contributed by atoms with van der Waals surface area (Å²) in [6, 6.07) is 2.01. The number of carbonyl (C=O) groups is 2. The van der Waals surface area contributed by atoms with Crippen molar-refractivity contribution in [3.8, 4) is 0 Å². The number of ketones is 1. The van der Waals surface area contributed by atoms with Crippen molar-refractivity contribution in [1.29, 1.82) is 0 Å². The lowest BCUT2D eigenvalue weighted by Crippen LogP contribution is -2.15. The van der Waals surface area contributed by atoms with Gasteiger partial charge in [-0.3, -0.25) is 9.59 Å². The van der Waals surface area contributed by atoms with E-state index in [-0.39, 0.29) is 11.7 Å². The molecular formula is C15H14N2O2. The first-order valence-electron chi connectivity index (χ1n) is 6.20. The fraction of sp³-hybridized carbons (Fsp3) is 0.200. The van der Waals surface area contributed by atoms with Crippen molar-refractivity contribution in [1.82, 2.24) is 10.3 Å². The van der Waals surface area contributed by atoms with Crippen molar-refractivity contribution in [3.05, 3.63) is 52.0 Å². The predicted molar refractivity (Wildman–Crippen MR) is 72.2 cm³/mol. The van der Waals surface area contributed by atoms with Gasteiger partial charge in [0.25, 0.3) is 5.91 Å². The highest BCUT2D eigenvalue weighted by Gasteiger charge is 2.32. The fourth-order valence-corrected chi connectivity index (χ4v) is 2.50. The third-order valence-electron chi connectivity index (χ3n) is 3.38. The topological polar surface area (TPSA) is 62.0 Å². The van der Waals surface area contributed by atoms with Crippen LogP contribution in [0.15, 0.2) is 35.1 Å². The Bertz CT molecular complexity index is 687. The van der Waals surface area contributed by atoms with Crippen molar-refractivity contribution >= 4 is 17.8 Å². The highest BCUT2D eigenvalue weighted by Crippen LogP contribution is 2.29. The molecule has 96 valence electrons. The van der Waals surface area contributed by atoms with E-state index in [0.29, 0.717) is 23.3 Å². The van der Waals surface area contributed by atoms with Crippen LogP contribution in [0.1, 0.15) is 23.4 Å². The Morgan fingerprint density at radius 1 is 1.26 bits per heavy atom. The van der Waals surface area contributed by atoms with Crippen LogP contribution in [0.4, 0.5) is 0 Å². The van der Waals surface area contributed by atoms with Gasteiger partial charge in [0.2, 0.25) is 0 Å². The van der Waals surface area contributed by atoms with Gasteiger partial charge in [-0.15, -0.1) is 0 Å². The average molecular weight is 254 g/mol. The van der Waals surface area contributed by atoms with Crippen molar-refractivity contribution in [3.63, 3.8) is 0 Å². The number of H-pyrrole nitrogens is 1. The van der Waals surface area contributed by atoms with Crippen LogP contribution >= 0.6 is 0 Å². The lowest BCUT2D eigenvalue weighted by molar-refractivity contribution is -0.117. The summed E-state index contributed by atoms with van der Waals surface area (Å²) in [7, 11) is 0. The molecule has 0 spiro atoms. The minimum Gasteiger partial charge on any atom is -0.359 e. The van der Waals surface area contributed by atoms with Crippen LogP contribution in [0.5, 0.6) is 0 Å². The quantitative estimate of drug-likeness (QED) is 0.752. The van der Waals surface area contributed by atoms with E-state index in [0.717, 1.165) is 17.0 Å². The van der Waals surface area contributed by atoms with Gasteiger partial charge in [-0.25, -0.2) is 0 Å². The fourth-order valence-electron chi connectivity index (χ4n) is 2.50. The van der Waals surface area contributed by atoms with Crippen LogP contribution in [-0.2, 0) is 9.59 Å². The van der Waals surface area contributed by atoms with E-state index in [1.165, 1.54) is 0 Å². The van der Waals surface area contributed by atoms with Gasteiger partial charge in [0.05, 0.1) is 16.8 Å². The molecule has 2 N–H and O–H groups in total. The van der Waals surface area contributed by atoms with Gasteiger partial charge in [-0.05, 0) is 37.6 Å². The molecule has 0 bridgehead atoms. The molecule has 1 aromatic heterocycles. The largest absolute Gasteiger partial charge is 0.359 e. The summed E-state index contributed by atoms with van der Waals surface area (Å²) >= 11 is 0. The lowest BCUT2D eigenvalue weighted by Gasteiger charge is -2.06. The minimum atomic E-state index is -0.212. The van der Waals surface area contributed by atoms with E-state index in [1.807, 2.05) is 19.9 Å². The number of nitrogens with one attached hydrogen (secondary N) is 2. The summed E-state index contributed by atoms with van der Waals surface area (Å²) in [6.07, 6.45) is 5.68. The van der Waals surface area contributed by atoms with E-state index in [2.05, 4.69) is 10.3 Å². The van der Waals surface area contributed by atoms with Crippen LogP contribution in [0.2, 0.25) is 0 Å². The number of Topliss-reactive ketones (excluding diaryl/α,β-unsaturated/α-hetero) is 1. The van der Waals surface area contributed by atoms with Crippen molar-refractivity contribution < 1.29 is 9.59 Å². The van der Waals surface area contributed by atoms with Crippen LogP contribution in [0.3, 0.4) is 0 Å². The molecule has 0 unspecified atom stereocenters. The Balaban J connectivity index is 2.11. The Morgan fingerprint density at radius 2 is 2.05 bits per heavy atom. The predicted octanol–water partition coefficient (Wildman–Crippen LogP) is 1.93. The number of aromatic amines is 1. The monoisotopic (exact) mass is 254 g/mol. The van der Waals surface area contributed by atoms with Gasteiger partial charge in [0.1, 0.15) is 0 Å². The van der Waals surface area contributed by atoms with Crippen LogP contribution in [-0.4, -0.2) is 16.7 Å². The van der Waals surface area contributed by atoms with E-state index in [1.54, 1.807) is 18.2 Å². The summed E-state index contributed by atoms with van der Waals surface area (Å²) in [5.74, 6) is -0.223. The Morgan fingerprint density at radius 3 is 2.74 bits per heavy atom. The summed E-state index contributed by atoms with van der Waals surface area (Å²) in [5.41, 5.74) is 4.55. The first-order chi connectivity index (χ1) is 9.06. The number of amides is 1. The minimum absolute atomic E-state index is 0.0111. The first kappa shape index (κ1) is 11.7. The van der Waals surface area contributed by atoms with Gasteiger partial charge >= 0.3 is 0 Å². The maximum absolute atomic E-state index is 12.0. The molecule has 4 nitrogen and oxygen atoms in total. The van der Waals surface area contributed by atoms with Gasteiger partial charge < -0.3 is 10.3 Å². The molecule has 0 saturated carbocycles. The number of carbonyl (C=O) groups excluding carboxylic acids is 2. The summed E-state index contributed by atoms with van der Waals surface area (Å²) < 4.78 is 0. The zero-order chi connectivity index (χ0) is 13.6. The Kier molecular flexibility index (Phi) is 2.52. The van der Waals surface area contributed by atoms with Gasteiger partial charge in [-0.2, -0.15) is 0 Å². The van der Waals surface area contributed by atoms with E-state index >= 15 is 0 Å². The third-order valence-corrected chi connectivity index (χ3v) is 3.38. The Hall–Kier alpha value is -2.36. The zero-order valence-corrected chi connectivity index (χ0v) is 10.8. The summed E-state index contributed by atoms with van der Waals surface area (Å²) in [5, 5.41) is 2.73. The molecule has 0 saturated heterocycles. The second-order valence-corrected chi connectivity index (χ2v) is 4.88. The molecule has 19 heavy (non-hydrogen) atoms. The molecular weight excluding hydrogens is 240 g/mol. The van der Waals surface area contributed by atoms with Crippen molar-refractivity contribution in [2.45, 2.75) is 20.3 Å². The number of aryl methyl sites for hydroxylation is 2. The number of allylic oxidation sites excluding steroid dienone is 2. The van der Waals surface area contributed by atoms with Crippen molar-refractivity contribution in [2.75, 3.05) is 0 Å². The molecule has 1 aliphatic carbocycles. The van der Waals surface area contributed by atoms with Crippen LogP contribution < -0.4 is 5.32 Å². The number of hydrogen-bond acceptors (Lipinski definition) is 2. The normalized spacial score (nSPS) is 20.2. The van der Waals surface area contributed by atoms with E-state index in [4.69, 9.17) is 0 Å². The molecule has 2 heterocycles. The smallest absolute Gasteiger partial charge is 0.256 e. The average Bonchev–Trinajstić information content (AvgIpc) is 2.82. The summed E-state index contributed by atoms with van der Waals surface area (Å²) in [6.45, 7) is 3.93. The molecule has 0 radical (unpaired) electrons. The van der Waals surface area contributed by atoms with Gasteiger partial charge in [-0.1, -0.05) is 6.08 Å². The maximum atomic E-state index is 12.0. The molecule has 0 atom stereocenters. The standard InChI is InChI=1S/C15H14N2O2/c1-8-6-9(2)16-12(8)7-10-14-11(17-15(10)19)4-3-5-13(14)18/h3-4,6-7,16H,5H2,1-2H3,(H,17,19). The zero-order valence-electron chi connectivity index (χ0n) is 10.8. The van der Waals surface area contributed by atoms with E-state index < -0.39 is 0 Å². The van der Waals surface area contributed by atoms with E-state index in [9.17, 15) is 9.59 Å². The maximum Gasteiger partial charge on any atom is 0.256 e. The number of rotatable bonds is 1. The second-order valence-electron chi connectivity index (χ2n) is 4.88. The molecule has 0 aromatic carbocycles. The van der Waals surface area contributed by atoms with Crippen molar-refractivity contribution in [2.24, 2.45) is 0 Å². The highest BCUT2D eigenvalue weighted by molar-refractivity contribution is 6.19. The first-order valence-corrected chi connectivity index (χ1v) is 6.20. The van der Waals surface area contributed by atoms with Crippen LogP contribution in [0, 0.1) is 13.8 Å².